The number of halogens is 3. The molecule has 0 aliphatic carbocycles. The maximum absolute atomic E-state index is 13.7. The van der Waals surface area contributed by atoms with Gasteiger partial charge < -0.3 is 5.32 Å². The van der Waals surface area contributed by atoms with Crippen LogP contribution in [0.1, 0.15) is 19.8 Å². The Bertz CT molecular complexity index is 629. The maximum Gasteiger partial charge on any atom is 0.246 e. The maximum atomic E-state index is 13.7. The highest BCUT2D eigenvalue weighted by Gasteiger charge is 2.32. The molecule has 1 aliphatic heterocycles. The smallest absolute Gasteiger partial charge is 0.246 e. The highest BCUT2D eigenvalue weighted by atomic mass is 32.2. The molecule has 8 heteroatoms. The molecule has 1 aliphatic rings. The Balaban J connectivity index is 2.14. The van der Waals surface area contributed by atoms with Crippen LogP contribution in [-0.2, 0) is 10.0 Å². The highest BCUT2D eigenvalue weighted by Crippen LogP contribution is 2.26. The van der Waals surface area contributed by atoms with Gasteiger partial charge in [-0.3, -0.25) is 0 Å². The van der Waals surface area contributed by atoms with Gasteiger partial charge in [0, 0.05) is 19.2 Å². The van der Waals surface area contributed by atoms with Crippen molar-refractivity contribution >= 4 is 10.0 Å². The number of piperidine rings is 1. The largest absolute Gasteiger partial charge is 0.317 e. The second kappa shape index (κ2) is 6.97. The monoisotopic (exact) mass is 336 g/mol. The van der Waals surface area contributed by atoms with Crippen molar-refractivity contribution in [2.75, 3.05) is 26.2 Å². The fourth-order valence-corrected chi connectivity index (χ4v) is 4.07. The van der Waals surface area contributed by atoms with Crippen LogP contribution in [0.15, 0.2) is 17.0 Å². The summed E-state index contributed by atoms with van der Waals surface area (Å²) in [6, 6.07) is 0.671. The van der Waals surface area contributed by atoms with E-state index in [1.54, 1.807) is 0 Å². The number of nitrogens with zero attached hydrogens (tertiary/aromatic N) is 1. The molecular weight excluding hydrogens is 317 g/mol. The van der Waals surface area contributed by atoms with Gasteiger partial charge in [0.05, 0.1) is 0 Å². The summed E-state index contributed by atoms with van der Waals surface area (Å²) in [5.41, 5.74) is 0. The Kier molecular flexibility index (Phi) is 5.46. The highest BCUT2D eigenvalue weighted by molar-refractivity contribution is 7.89. The summed E-state index contributed by atoms with van der Waals surface area (Å²) in [4.78, 5) is -0.809. The third kappa shape index (κ3) is 3.61. The second-order valence-electron chi connectivity index (χ2n) is 5.35. The van der Waals surface area contributed by atoms with Crippen molar-refractivity contribution in [3.8, 4) is 0 Å². The zero-order chi connectivity index (χ0) is 16.3. The number of hydrogen-bond acceptors (Lipinski definition) is 3. The lowest BCUT2D eigenvalue weighted by atomic mass is 9.98. The molecule has 22 heavy (non-hydrogen) atoms. The lowest BCUT2D eigenvalue weighted by Gasteiger charge is -2.31. The molecule has 1 aromatic rings. The standard InChI is InChI=1S/C14H19F3N2O2S/c1-2-18-9-10-3-5-19(6-4-10)22(20,21)14-8-12(16)11(15)7-13(14)17/h7-8,10,18H,2-6,9H2,1H3. The number of nitrogens with one attached hydrogen (secondary N) is 1. The normalized spacial score (nSPS) is 17.8. The van der Waals surface area contributed by atoms with Crippen LogP contribution in [0.3, 0.4) is 0 Å². The van der Waals surface area contributed by atoms with Gasteiger partial charge in [-0.15, -0.1) is 0 Å². The van der Waals surface area contributed by atoms with Gasteiger partial charge in [0.1, 0.15) is 10.7 Å². The Morgan fingerprint density at radius 3 is 2.32 bits per heavy atom. The minimum absolute atomic E-state index is 0.247. The number of benzene rings is 1. The van der Waals surface area contributed by atoms with E-state index in [0.29, 0.717) is 24.8 Å². The molecule has 1 N–H and O–H groups in total. The van der Waals surface area contributed by atoms with Gasteiger partial charge >= 0.3 is 0 Å². The predicted octanol–water partition coefficient (Wildman–Crippen LogP) is 2.11. The Morgan fingerprint density at radius 2 is 1.73 bits per heavy atom. The van der Waals surface area contributed by atoms with Gasteiger partial charge in [0.15, 0.2) is 11.6 Å². The van der Waals surface area contributed by atoms with Crippen LogP contribution < -0.4 is 5.32 Å². The van der Waals surface area contributed by atoms with Crippen molar-refractivity contribution in [2.45, 2.75) is 24.7 Å². The quantitative estimate of drug-likeness (QED) is 0.838. The fraction of sp³-hybridized carbons (Fsp3) is 0.571. The molecule has 0 radical (unpaired) electrons. The van der Waals surface area contributed by atoms with Gasteiger partial charge in [-0.25, -0.2) is 21.6 Å². The Labute approximate surface area is 128 Å². The molecule has 1 heterocycles. The van der Waals surface area contributed by atoms with E-state index in [4.69, 9.17) is 0 Å². The van der Waals surface area contributed by atoms with Gasteiger partial charge in [0.25, 0.3) is 0 Å². The molecule has 0 bridgehead atoms. The van der Waals surface area contributed by atoms with Gasteiger partial charge in [-0.2, -0.15) is 4.31 Å². The average Bonchev–Trinajstić information content (AvgIpc) is 2.49. The number of hydrogen-bond donors (Lipinski definition) is 1. The second-order valence-corrected chi connectivity index (χ2v) is 7.26. The van der Waals surface area contributed by atoms with E-state index >= 15 is 0 Å². The van der Waals surface area contributed by atoms with Crippen LogP contribution in [0.25, 0.3) is 0 Å². The van der Waals surface area contributed by atoms with Crippen molar-refractivity contribution in [1.29, 1.82) is 0 Å². The van der Waals surface area contributed by atoms with E-state index < -0.39 is 32.4 Å². The summed E-state index contributed by atoms with van der Waals surface area (Å²) in [5, 5.41) is 3.21. The molecule has 1 aromatic carbocycles. The third-order valence-electron chi connectivity index (χ3n) is 3.85. The minimum atomic E-state index is -4.14. The summed E-state index contributed by atoms with van der Waals surface area (Å²) in [7, 11) is -4.14. The molecule has 1 saturated heterocycles. The summed E-state index contributed by atoms with van der Waals surface area (Å²) >= 11 is 0. The van der Waals surface area contributed by atoms with Crippen molar-refractivity contribution < 1.29 is 21.6 Å². The van der Waals surface area contributed by atoms with E-state index in [0.717, 1.165) is 17.4 Å². The first-order chi connectivity index (χ1) is 10.4. The molecule has 1 fully saturated rings. The molecule has 0 amide bonds. The lowest BCUT2D eigenvalue weighted by Crippen LogP contribution is -2.41. The topological polar surface area (TPSA) is 49.4 Å². The van der Waals surface area contributed by atoms with E-state index in [2.05, 4.69) is 5.32 Å². The minimum Gasteiger partial charge on any atom is -0.317 e. The first-order valence-electron chi connectivity index (χ1n) is 7.21. The molecule has 0 unspecified atom stereocenters. The van der Waals surface area contributed by atoms with Crippen molar-refractivity contribution in [1.82, 2.24) is 9.62 Å². The molecule has 0 atom stereocenters. The molecule has 0 spiro atoms. The van der Waals surface area contributed by atoms with Crippen molar-refractivity contribution in [2.24, 2.45) is 5.92 Å². The summed E-state index contributed by atoms with van der Waals surface area (Å²) in [6.45, 7) is 4.14. The predicted molar refractivity (Wildman–Crippen MR) is 76.3 cm³/mol. The third-order valence-corrected chi connectivity index (χ3v) is 5.76. The van der Waals surface area contributed by atoms with Crippen molar-refractivity contribution in [3.63, 3.8) is 0 Å². The zero-order valence-electron chi connectivity index (χ0n) is 12.3. The Hall–Kier alpha value is -1.12. The average molecular weight is 336 g/mol. The molecule has 0 saturated carbocycles. The van der Waals surface area contributed by atoms with Crippen LogP contribution >= 0.6 is 0 Å². The summed E-state index contributed by atoms with van der Waals surface area (Å²) in [5.74, 6) is -3.68. The van der Waals surface area contributed by atoms with Crippen molar-refractivity contribution in [3.05, 3.63) is 29.6 Å². The first kappa shape index (κ1) is 17.2. The molecule has 4 nitrogen and oxygen atoms in total. The lowest BCUT2D eigenvalue weighted by molar-refractivity contribution is 0.267. The molecule has 0 aromatic heterocycles. The van der Waals surface area contributed by atoms with Crippen LogP contribution in [0.4, 0.5) is 13.2 Å². The van der Waals surface area contributed by atoms with Crippen LogP contribution in [-0.4, -0.2) is 38.9 Å². The molecule has 2 rings (SSSR count). The van der Waals surface area contributed by atoms with Gasteiger partial charge in [-0.1, -0.05) is 6.92 Å². The summed E-state index contributed by atoms with van der Waals surface area (Å²) in [6.07, 6.45) is 1.30. The van der Waals surface area contributed by atoms with Gasteiger partial charge in [-0.05, 0) is 37.9 Å². The fourth-order valence-electron chi connectivity index (χ4n) is 2.54. The van der Waals surface area contributed by atoms with Crippen LogP contribution in [0.2, 0.25) is 0 Å². The first-order valence-corrected chi connectivity index (χ1v) is 8.65. The SMILES string of the molecule is CCNCC1CCN(S(=O)(=O)c2cc(F)c(F)cc2F)CC1. The summed E-state index contributed by atoms with van der Waals surface area (Å²) < 4.78 is 65.7. The van der Waals surface area contributed by atoms with Crippen LogP contribution in [0.5, 0.6) is 0 Å². The molecule has 124 valence electrons. The van der Waals surface area contributed by atoms with E-state index in [1.165, 1.54) is 0 Å². The zero-order valence-corrected chi connectivity index (χ0v) is 13.1. The number of sulfonamides is 1. The van der Waals surface area contributed by atoms with E-state index in [-0.39, 0.29) is 19.2 Å². The number of rotatable bonds is 5. The molecular formula is C14H19F3N2O2S. The van der Waals surface area contributed by atoms with Gasteiger partial charge in [0.2, 0.25) is 10.0 Å². The Morgan fingerprint density at radius 1 is 1.14 bits per heavy atom. The van der Waals surface area contributed by atoms with Crippen LogP contribution in [0, 0.1) is 23.4 Å². The van der Waals surface area contributed by atoms with E-state index in [9.17, 15) is 21.6 Å². The van der Waals surface area contributed by atoms with E-state index in [1.807, 2.05) is 6.92 Å².